The number of nitrogens with zero attached hydrogens (tertiary/aromatic N) is 1. The van der Waals surface area contributed by atoms with E-state index in [0.717, 1.165) is 11.3 Å². The van der Waals surface area contributed by atoms with Gasteiger partial charge < -0.3 is 15.9 Å². The lowest BCUT2D eigenvalue weighted by molar-refractivity contribution is 0.0566. The molecule has 0 aliphatic rings. The topological polar surface area (TPSA) is 69.7 Å². The quantitative estimate of drug-likeness (QED) is 0.641. The van der Waals surface area contributed by atoms with Gasteiger partial charge in [0.05, 0.1) is 12.7 Å². The Balaban J connectivity index is 2.66. The summed E-state index contributed by atoms with van der Waals surface area (Å²) in [6.07, 6.45) is -0.700. The van der Waals surface area contributed by atoms with Gasteiger partial charge in [-0.25, -0.2) is 0 Å². The van der Waals surface area contributed by atoms with Crippen LogP contribution in [0.3, 0.4) is 0 Å². The average molecular weight is 224 g/mol. The predicted octanol–water partition coefficient (Wildman–Crippen LogP) is 0.615. The van der Waals surface area contributed by atoms with Gasteiger partial charge in [-0.2, -0.15) is 0 Å². The zero-order chi connectivity index (χ0) is 12.1. The molecule has 2 atom stereocenters. The minimum absolute atomic E-state index is 0.157. The average Bonchev–Trinajstić information content (AvgIpc) is 2.27. The van der Waals surface area contributed by atoms with Crippen LogP contribution < -0.4 is 5.73 Å². The van der Waals surface area contributed by atoms with Crippen molar-refractivity contribution in [1.29, 1.82) is 0 Å². The fourth-order valence-electron chi connectivity index (χ4n) is 1.62. The molecule has 0 saturated heterocycles. The molecule has 1 aromatic rings. The molecule has 0 bridgehead atoms. The van der Waals surface area contributed by atoms with Crippen LogP contribution in [-0.2, 0) is 0 Å². The molecule has 4 heteroatoms. The molecule has 0 fully saturated rings. The number of nitrogens with two attached hydrogens (primary N) is 1. The van der Waals surface area contributed by atoms with Gasteiger partial charge in [-0.15, -0.1) is 0 Å². The summed E-state index contributed by atoms with van der Waals surface area (Å²) in [5.74, 6) is 0. The summed E-state index contributed by atoms with van der Waals surface area (Å²) >= 11 is 0. The van der Waals surface area contributed by atoms with Gasteiger partial charge in [0.25, 0.3) is 0 Å². The Morgan fingerprint density at radius 2 is 2.12 bits per heavy atom. The number of benzene rings is 1. The molecule has 0 spiro atoms. The lowest BCUT2D eigenvalue weighted by Crippen LogP contribution is -2.33. The van der Waals surface area contributed by atoms with Crippen molar-refractivity contribution in [2.45, 2.75) is 19.1 Å². The highest BCUT2D eigenvalue weighted by Crippen LogP contribution is 2.20. The third-order valence-corrected chi connectivity index (χ3v) is 2.76. The van der Waals surface area contributed by atoms with Crippen molar-refractivity contribution < 1.29 is 10.2 Å². The van der Waals surface area contributed by atoms with E-state index >= 15 is 0 Å². The number of hydrogen-bond donors (Lipinski definition) is 3. The maximum absolute atomic E-state index is 9.36. The maximum atomic E-state index is 9.36. The van der Waals surface area contributed by atoms with E-state index in [1.807, 2.05) is 43.1 Å². The number of nitrogen functional groups attached to an aromatic ring is 1. The summed E-state index contributed by atoms with van der Waals surface area (Å²) in [6, 6.07) is 7.84. The van der Waals surface area contributed by atoms with Crippen LogP contribution in [0.5, 0.6) is 0 Å². The zero-order valence-corrected chi connectivity index (χ0v) is 9.80. The van der Waals surface area contributed by atoms with Crippen LogP contribution in [0.15, 0.2) is 24.3 Å². The molecule has 0 radical (unpaired) electrons. The second-order valence-electron chi connectivity index (χ2n) is 4.12. The summed E-state index contributed by atoms with van der Waals surface area (Å²) < 4.78 is 0. The lowest BCUT2D eigenvalue weighted by Gasteiger charge is -2.26. The molecular weight excluding hydrogens is 204 g/mol. The second-order valence-corrected chi connectivity index (χ2v) is 4.12. The molecule has 90 valence electrons. The van der Waals surface area contributed by atoms with Gasteiger partial charge in [0.15, 0.2) is 0 Å². The standard InChI is InChI=1S/C12H20N2O2/c1-9(14(2)7-12(16)8-15)10-4-3-5-11(13)6-10/h3-6,9,12,15-16H,7-8,13H2,1-2H3. The van der Waals surface area contributed by atoms with Gasteiger partial charge in [0.1, 0.15) is 0 Å². The summed E-state index contributed by atoms with van der Waals surface area (Å²) in [7, 11) is 1.91. The zero-order valence-electron chi connectivity index (χ0n) is 9.80. The molecule has 0 aliphatic carbocycles. The monoisotopic (exact) mass is 224 g/mol. The molecule has 16 heavy (non-hydrogen) atoms. The molecule has 0 aromatic heterocycles. The minimum atomic E-state index is -0.700. The third-order valence-electron chi connectivity index (χ3n) is 2.76. The summed E-state index contributed by atoms with van der Waals surface area (Å²) in [5.41, 5.74) is 7.56. The first-order chi connectivity index (χ1) is 7.54. The van der Waals surface area contributed by atoms with Crippen molar-refractivity contribution in [2.24, 2.45) is 0 Å². The first-order valence-corrected chi connectivity index (χ1v) is 5.39. The molecule has 0 amide bonds. The molecule has 0 heterocycles. The minimum Gasteiger partial charge on any atom is -0.399 e. The number of aliphatic hydroxyl groups excluding tert-OH is 2. The Morgan fingerprint density at radius 1 is 1.44 bits per heavy atom. The van der Waals surface area contributed by atoms with Crippen LogP contribution >= 0.6 is 0 Å². The molecular formula is C12H20N2O2. The number of aliphatic hydroxyl groups is 2. The molecule has 0 aliphatic heterocycles. The highest BCUT2D eigenvalue weighted by Gasteiger charge is 2.14. The van der Waals surface area contributed by atoms with Crippen LogP contribution in [0, 0.1) is 0 Å². The Hall–Kier alpha value is -1.10. The molecule has 1 rings (SSSR count). The molecule has 1 aromatic carbocycles. The molecule has 4 nitrogen and oxygen atoms in total. The normalized spacial score (nSPS) is 15.1. The van der Waals surface area contributed by atoms with Crippen LogP contribution in [0.2, 0.25) is 0 Å². The maximum Gasteiger partial charge on any atom is 0.0897 e. The van der Waals surface area contributed by atoms with E-state index < -0.39 is 6.10 Å². The number of rotatable bonds is 5. The van der Waals surface area contributed by atoms with Crippen molar-refractivity contribution in [3.05, 3.63) is 29.8 Å². The summed E-state index contributed by atoms with van der Waals surface area (Å²) in [4.78, 5) is 1.98. The smallest absolute Gasteiger partial charge is 0.0897 e. The van der Waals surface area contributed by atoms with Gasteiger partial charge in [-0.1, -0.05) is 12.1 Å². The number of likely N-dealkylation sites (N-methyl/N-ethyl adjacent to an activating group) is 1. The van der Waals surface area contributed by atoms with E-state index in [1.54, 1.807) is 0 Å². The van der Waals surface area contributed by atoms with E-state index in [0.29, 0.717) is 6.54 Å². The van der Waals surface area contributed by atoms with Gasteiger partial charge in [0.2, 0.25) is 0 Å². The van der Waals surface area contributed by atoms with Crippen LogP contribution in [0.1, 0.15) is 18.5 Å². The lowest BCUT2D eigenvalue weighted by atomic mass is 10.1. The van der Waals surface area contributed by atoms with Crippen molar-refractivity contribution in [3.8, 4) is 0 Å². The molecule has 0 saturated carbocycles. The van der Waals surface area contributed by atoms with Gasteiger partial charge >= 0.3 is 0 Å². The van der Waals surface area contributed by atoms with Crippen molar-refractivity contribution in [3.63, 3.8) is 0 Å². The molecule has 4 N–H and O–H groups in total. The fourth-order valence-corrected chi connectivity index (χ4v) is 1.62. The Morgan fingerprint density at radius 3 is 2.69 bits per heavy atom. The summed E-state index contributed by atoms with van der Waals surface area (Å²) in [6.45, 7) is 2.26. The second kappa shape index (κ2) is 5.84. The van der Waals surface area contributed by atoms with Crippen LogP contribution in [-0.4, -0.2) is 41.4 Å². The van der Waals surface area contributed by atoms with Gasteiger partial charge in [0, 0.05) is 18.3 Å². The number of anilines is 1. The first-order valence-electron chi connectivity index (χ1n) is 5.39. The van der Waals surface area contributed by atoms with Crippen LogP contribution in [0.25, 0.3) is 0 Å². The predicted molar refractivity (Wildman–Crippen MR) is 65.0 cm³/mol. The first kappa shape index (κ1) is 13.0. The van der Waals surface area contributed by atoms with Crippen molar-refractivity contribution in [2.75, 3.05) is 25.9 Å². The van der Waals surface area contributed by atoms with Crippen LogP contribution in [0.4, 0.5) is 5.69 Å². The van der Waals surface area contributed by atoms with Gasteiger partial charge in [-0.3, -0.25) is 4.90 Å². The van der Waals surface area contributed by atoms with Gasteiger partial charge in [-0.05, 0) is 31.7 Å². The molecule has 2 unspecified atom stereocenters. The highest BCUT2D eigenvalue weighted by atomic mass is 16.3. The number of hydrogen-bond acceptors (Lipinski definition) is 4. The SMILES string of the molecule is CC(c1cccc(N)c1)N(C)CC(O)CO. The Labute approximate surface area is 96.3 Å². The van der Waals surface area contributed by atoms with Crippen molar-refractivity contribution in [1.82, 2.24) is 4.90 Å². The van der Waals surface area contributed by atoms with E-state index in [9.17, 15) is 5.11 Å². The largest absolute Gasteiger partial charge is 0.399 e. The highest BCUT2D eigenvalue weighted by molar-refractivity contribution is 5.41. The van der Waals surface area contributed by atoms with E-state index in [2.05, 4.69) is 0 Å². The Bertz CT molecular complexity index is 331. The Kier molecular flexibility index (Phi) is 4.73. The van der Waals surface area contributed by atoms with Crippen molar-refractivity contribution >= 4 is 5.69 Å². The third kappa shape index (κ3) is 3.48. The summed E-state index contributed by atoms with van der Waals surface area (Å²) in [5, 5.41) is 18.1. The van der Waals surface area contributed by atoms with E-state index in [1.165, 1.54) is 0 Å². The fraction of sp³-hybridized carbons (Fsp3) is 0.500. The van der Waals surface area contributed by atoms with E-state index in [-0.39, 0.29) is 12.6 Å². The van der Waals surface area contributed by atoms with E-state index in [4.69, 9.17) is 10.8 Å².